The van der Waals surface area contributed by atoms with Gasteiger partial charge in [0, 0.05) is 0 Å². The quantitative estimate of drug-likeness (QED) is 0.704. The molecule has 0 fully saturated rings. The fourth-order valence-corrected chi connectivity index (χ4v) is 0.930. The maximum absolute atomic E-state index is 9.54. The first-order valence-corrected chi connectivity index (χ1v) is 4.63. The molecule has 0 aromatic carbocycles. The topological polar surface area (TPSA) is 89.8 Å². The van der Waals surface area contributed by atoms with Gasteiger partial charge in [0.25, 0.3) is 0 Å². The molecule has 6 nitrogen and oxygen atoms in total. The molecule has 1 rings (SSSR count). The Kier molecular flexibility index (Phi) is 3.17. The number of aromatic nitrogens is 4. The molecule has 0 spiro atoms. The molecular formula is C8H17N5O. The summed E-state index contributed by atoms with van der Waals surface area (Å²) in [5.41, 5.74) is 5.10. The van der Waals surface area contributed by atoms with Crippen LogP contribution in [0.5, 0.6) is 0 Å². The minimum Gasteiger partial charge on any atom is -0.385 e. The lowest BCUT2D eigenvalue weighted by molar-refractivity contribution is 0.159. The molecule has 0 unspecified atom stereocenters. The summed E-state index contributed by atoms with van der Waals surface area (Å²) in [7, 11) is 0. The molecule has 80 valence electrons. The van der Waals surface area contributed by atoms with Crippen molar-refractivity contribution in [1.29, 1.82) is 0 Å². The Morgan fingerprint density at radius 2 is 2.14 bits per heavy atom. The summed E-state index contributed by atoms with van der Waals surface area (Å²) < 4.78 is 0. The molecule has 0 aliphatic rings. The minimum absolute atomic E-state index is 0.215. The van der Waals surface area contributed by atoms with Crippen molar-refractivity contribution in [2.45, 2.75) is 38.8 Å². The van der Waals surface area contributed by atoms with E-state index in [0.717, 1.165) is 0 Å². The molecule has 1 aromatic heterocycles. The highest BCUT2D eigenvalue weighted by atomic mass is 16.3. The van der Waals surface area contributed by atoms with Gasteiger partial charge in [0.15, 0.2) is 0 Å². The molecule has 0 amide bonds. The maximum Gasteiger partial charge on any atom is 0.203 e. The molecule has 1 heterocycles. The lowest BCUT2D eigenvalue weighted by Gasteiger charge is -2.15. The first-order valence-electron chi connectivity index (χ1n) is 4.63. The summed E-state index contributed by atoms with van der Waals surface area (Å²) in [4.78, 5) is 1.49. The maximum atomic E-state index is 9.54. The molecule has 0 aliphatic carbocycles. The molecule has 1 aromatic rings. The van der Waals surface area contributed by atoms with E-state index in [1.807, 2.05) is 20.8 Å². The molecule has 0 saturated heterocycles. The van der Waals surface area contributed by atoms with Crippen LogP contribution in [0, 0.1) is 0 Å². The summed E-state index contributed by atoms with van der Waals surface area (Å²) in [6.45, 7) is 6.31. The molecular weight excluding hydrogens is 182 g/mol. The highest BCUT2D eigenvalue weighted by molar-refractivity contribution is 4.85. The fraction of sp³-hybridized carbons (Fsp3) is 0.875. The summed E-state index contributed by atoms with van der Waals surface area (Å²) in [6.07, 6.45) is -0.258. The molecule has 6 heteroatoms. The number of hydrogen-bond donors (Lipinski definition) is 2. The van der Waals surface area contributed by atoms with E-state index in [1.54, 1.807) is 0 Å². The zero-order chi connectivity index (χ0) is 10.8. The standard InChI is InChI=1S/C8H17N5O/c1-8(2,3)13-11-7(10-12-13)6(14)4-5-9/h6,14H,4-5,9H2,1-3H3/t6-/m1/s1. The first kappa shape index (κ1) is 11.1. The van der Waals surface area contributed by atoms with Crippen LogP contribution in [0.2, 0.25) is 0 Å². The molecule has 0 radical (unpaired) electrons. The van der Waals surface area contributed by atoms with Gasteiger partial charge in [-0.2, -0.15) is 4.80 Å². The Balaban J connectivity index is 2.78. The summed E-state index contributed by atoms with van der Waals surface area (Å²) >= 11 is 0. The third-order valence-corrected chi connectivity index (χ3v) is 1.77. The van der Waals surface area contributed by atoms with Gasteiger partial charge in [-0.25, -0.2) is 0 Å². The molecule has 0 bridgehead atoms. The third kappa shape index (κ3) is 2.49. The number of aliphatic hydroxyl groups is 1. The number of nitrogens with zero attached hydrogens (tertiary/aromatic N) is 4. The second-order valence-corrected chi connectivity index (χ2v) is 4.20. The van der Waals surface area contributed by atoms with Crippen molar-refractivity contribution in [3.05, 3.63) is 5.82 Å². The predicted molar refractivity (Wildman–Crippen MR) is 51.4 cm³/mol. The van der Waals surface area contributed by atoms with Crippen LogP contribution in [0.3, 0.4) is 0 Å². The lowest BCUT2D eigenvalue weighted by atomic mass is 10.1. The van der Waals surface area contributed by atoms with E-state index in [0.29, 0.717) is 18.8 Å². The summed E-state index contributed by atoms with van der Waals surface area (Å²) in [5, 5.41) is 21.3. The Morgan fingerprint density at radius 3 is 2.57 bits per heavy atom. The van der Waals surface area contributed by atoms with Crippen LogP contribution in [-0.4, -0.2) is 31.9 Å². The Morgan fingerprint density at radius 1 is 1.50 bits per heavy atom. The van der Waals surface area contributed by atoms with E-state index in [2.05, 4.69) is 15.4 Å². The van der Waals surface area contributed by atoms with Crippen LogP contribution in [0.15, 0.2) is 0 Å². The van der Waals surface area contributed by atoms with Crippen LogP contribution >= 0.6 is 0 Å². The number of tetrazole rings is 1. The summed E-state index contributed by atoms with van der Waals surface area (Å²) in [5.74, 6) is 0.338. The van der Waals surface area contributed by atoms with Crippen molar-refractivity contribution in [3.8, 4) is 0 Å². The fourth-order valence-electron chi connectivity index (χ4n) is 0.930. The van der Waals surface area contributed by atoms with Gasteiger partial charge in [0.05, 0.1) is 5.54 Å². The monoisotopic (exact) mass is 199 g/mol. The van der Waals surface area contributed by atoms with Gasteiger partial charge in [-0.05, 0) is 39.0 Å². The molecule has 0 saturated carbocycles. The number of rotatable bonds is 3. The largest absolute Gasteiger partial charge is 0.385 e. The second kappa shape index (κ2) is 4.02. The Labute approximate surface area is 83.1 Å². The molecule has 14 heavy (non-hydrogen) atoms. The highest BCUT2D eigenvalue weighted by Gasteiger charge is 2.19. The van der Waals surface area contributed by atoms with E-state index < -0.39 is 6.10 Å². The van der Waals surface area contributed by atoms with Gasteiger partial charge in [-0.3, -0.25) is 0 Å². The van der Waals surface area contributed by atoms with E-state index in [-0.39, 0.29) is 5.54 Å². The van der Waals surface area contributed by atoms with Crippen LogP contribution in [0.4, 0.5) is 0 Å². The minimum atomic E-state index is -0.712. The molecule has 3 N–H and O–H groups in total. The second-order valence-electron chi connectivity index (χ2n) is 4.20. The highest BCUT2D eigenvalue weighted by Crippen LogP contribution is 2.13. The zero-order valence-corrected chi connectivity index (χ0v) is 8.80. The van der Waals surface area contributed by atoms with Crippen molar-refractivity contribution in [3.63, 3.8) is 0 Å². The van der Waals surface area contributed by atoms with Crippen molar-refractivity contribution in [1.82, 2.24) is 20.2 Å². The van der Waals surface area contributed by atoms with Gasteiger partial charge < -0.3 is 10.8 Å². The predicted octanol–water partition coefficient (Wildman–Crippen LogP) is -0.190. The van der Waals surface area contributed by atoms with Gasteiger partial charge in [-0.1, -0.05) is 0 Å². The molecule has 1 atom stereocenters. The van der Waals surface area contributed by atoms with Gasteiger partial charge in [0.2, 0.25) is 5.82 Å². The van der Waals surface area contributed by atoms with Crippen LogP contribution < -0.4 is 5.73 Å². The van der Waals surface area contributed by atoms with Crippen LogP contribution in [0.25, 0.3) is 0 Å². The summed E-state index contributed by atoms with van der Waals surface area (Å²) in [6, 6.07) is 0. The van der Waals surface area contributed by atoms with E-state index in [1.165, 1.54) is 4.80 Å². The van der Waals surface area contributed by atoms with E-state index in [4.69, 9.17) is 5.73 Å². The Hall–Kier alpha value is -1.01. The van der Waals surface area contributed by atoms with Gasteiger partial charge in [-0.15, -0.1) is 10.2 Å². The normalized spacial score (nSPS) is 14.4. The van der Waals surface area contributed by atoms with Crippen LogP contribution in [-0.2, 0) is 5.54 Å². The average molecular weight is 199 g/mol. The van der Waals surface area contributed by atoms with Gasteiger partial charge >= 0.3 is 0 Å². The van der Waals surface area contributed by atoms with E-state index >= 15 is 0 Å². The van der Waals surface area contributed by atoms with Gasteiger partial charge in [0.1, 0.15) is 6.10 Å². The van der Waals surface area contributed by atoms with Crippen molar-refractivity contribution < 1.29 is 5.11 Å². The average Bonchev–Trinajstić information content (AvgIpc) is 2.51. The zero-order valence-electron chi connectivity index (χ0n) is 8.80. The SMILES string of the molecule is CC(C)(C)n1nnc([C@H](O)CCN)n1. The third-order valence-electron chi connectivity index (χ3n) is 1.77. The smallest absolute Gasteiger partial charge is 0.203 e. The van der Waals surface area contributed by atoms with E-state index in [9.17, 15) is 5.11 Å². The first-order chi connectivity index (χ1) is 6.45. The number of hydrogen-bond acceptors (Lipinski definition) is 5. The number of aliphatic hydroxyl groups excluding tert-OH is 1. The molecule has 0 aliphatic heterocycles. The van der Waals surface area contributed by atoms with Crippen molar-refractivity contribution >= 4 is 0 Å². The van der Waals surface area contributed by atoms with Crippen molar-refractivity contribution in [2.75, 3.05) is 6.54 Å². The Bertz CT molecular complexity index is 290. The van der Waals surface area contributed by atoms with Crippen LogP contribution in [0.1, 0.15) is 39.1 Å². The van der Waals surface area contributed by atoms with Crippen molar-refractivity contribution in [2.24, 2.45) is 5.73 Å². The number of nitrogens with two attached hydrogens (primary N) is 1. The lowest BCUT2D eigenvalue weighted by Crippen LogP contribution is -2.25.